The highest BCUT2D eigenvalue weighted by Crippen LogP contribution is 2.14. The smallest absolute Gasteiger partial charge is 0.306 e. The highest BCUT2D eigenvalue weighted by molar-refractivity contribution is 5.77. The van der Waals surface area contributed by atoms with Crippen LogP contribution in [0, 0.1) is 11.8 Å². The van der Waals surface area contributed by atoms with Crippen molar-refractivity contribution in [3.05, 3.63) is 0 Å². The number of unbranched alkanes of at least 4 members (excludes halogenated alkanes) is 13. The molecule has 0 amide bonds. The van der Waals surface area contributed by atoms with Gasteiger partial charge in [0.1, 0.15) is 17.3 Å². The van der Waals surface area contributed by atoms with E-state index in [1.54, 1.807) is 27.7 Å². The summed E-state index contributed by atoms with van der Waals surface area (Å²) in [5.74, 6) is -1.44. The van der Waals surface area contributed by atoms with Crippen LogP contribution in [-0.2, 0) is 28.8 Å². The van der Waals surface area contributed by atoms with Gasteiger partial charge < -0.3 is 24.9 Å². The van der Waals surface area contributed by atoms with Gasteiger partial charge in [-0.1, -0.05) is 90.9 Å². The van der Waals surface area contributed by atoms with Crippen LogP contribution in [0.1, 0.15) is 176 Å². The van der Waals surface area contributed by atoms with Gasteiger partial charge in [0, 0.05) is 31.6 Å². The van der Waals surface area contributed by atoms with Crippen molar-refractivity contribution in [3.63, 3.8) is 0 Å². The largest absolute Gasteiger partial charge is 0.481 e. The van der Waals surface area contributed by atoms with Crippen molar-refractivity contribution >= 4 is 35.3 Å². The van der Waals surface area contributed by atoms with E-state index in [1.165, 1.54) is 19.3 Å². The topological polar surface area (TPSA) is 163 Å². The number of Topliss-reactive ketones (excluding diaryl/α,β-unsaturated/α-hetero) is 3. The maximum Gasteiger partial charge on any atom is 0.306 e. The monoisotopic (exact) mass is 628 g/mol. The van der Waals surface area contributed by atoms with Gasteiger partial charge in [0.05, 0.1) is 5.92 Å². The third-order valence-corrected chi connectivity index (χ3v) is 7.48. The lowest BCUT2D eigenvalue weighted by Gasteiger charge is -2.08. The van der Waals surface area contributed by atoms with Crippen LogP contribution in [0.25, 0.3) is 0 Å². The minimum atomic E-state index is -0.719. The third-order valence-electron chi connectivity index (χ3n) is 7.48. The van der Waals surface area contributed by atoms with E-state index < -0.39 is 17.9 Å². The zero-order valence-electron chi connectivity index (χ0n) is 28.5. The second kappa shape index (κ2) is 33.3. The Hall–Kier alpha value is -2.58. The maximum atomic E-state index is 10.9. The van der Waals surface area contributed by atoms with Gasteiger partial charge in [-0.3, -0.25) is 19.2 Å². The molecule has 0 saturated heterocycles. The molecule has 0 aliphatic carbocycles. The van der Waals surface area contributed by atoms with Gasteiger partial charge >= 0.3 is 17.9 Å². The summed E-state index contributed by atoms with van der Waals surface area (Å²) in [5.41, 5.74) is 0. The molecular weight excluding hydrogens is 564 g/mol. The molecule has 0 bridgehead atoms. The molecule has 0 aromatic heterocycles. The highest BCUT2D eigenvalue weighted by Gasteiger charge is 2.10. The quantitative estimate of drug-likeness (QED) is 0.0754. The number of carbonyl (C=O) groups is 6. The van der Waals surface area contributed by atoms with Crippen LogP contribution < -0.4 is 0 Å². The Morgan fingerprint density at radius 1 is 0.409 bits per heavy atom. The van der Waals surface area contributed by atoms with Crippen LogP contribution in [0.5, 0.6) is 0 Å². The van der Waals surface area contributed by atoms with E-state index in [9.17, 15) is 28.8 Å². The van der Waals surface area contributed by atoms with Crippen molar-refractivity contribution in [2.75, 3.05) is 0 Å². The molecule has 0 aromatic rings. The maximum absolute atomic E-state index is 10.9. The minimum Gasteiger partial charge on any atom is -0.481 e. The van der Waals surface area contributed by atoms with Crippen LogP contribution in [-0.4, -0.2) is 50.6 Å². The fourth-order valence-corrected chi connectivity index (χ4v) is 4.30. The SMILES string of the molecule is CC(=O)C(C)CCCCCC(C)C(=O)O.CC(=O)CCCCCCCC(=O)O.CC(=O)CCCCCCCCCCC(=O)O. The standard InChI is InChI=1S/C13H24O3.C12H22O3.C10H18O3/c1-12(14)10-8-6-4-2-3-5-7-9-11-13(15)16;1-9(11(3)13)7-5-4-6-8-10(2)12(14)15;1-9(11)7-5-3-2-4-6-8-10(12)13/h2-11H2,1H3,(H,15,16);9-10H,4-8H2,1-3H3,(H,14,15);2-8H2,1H3,(H,12,13). The summed E-state index contributed by atoms with van der Waals surface area (Å²) < 4.78 is 0. The molecule has 0 heterocycles. The summed E-state index contributed by atoms with van der Waals surface area (Å²) in [5, 5.41) is 25.4. The number of rotatable bonds is 27. The van der Waals surface area contributed by atoms with Gasteiger partial charge in [0.2, 0.25) is 0 Å². The molecule has 2 unspecified atom stereocenters. The van der Waals surface area contributed by atoms with E-state index in [1.807, 2.05) is 6.92 Å². The predicted molar refractivity (Wildman–Crippen MR) is 175 cm³/mol. The van der Waals surface area contributed by atoms with E-state index >= 15 is 0 Å². The Morgan fingerprint density at radius 3 is 0.955 bits per heavy atom. The Bertz CT molecular complexity index is 714. The fourth-order valence-electron chi connectivity index (χ4n) is 4.30. The molecule has 0 radical (unpaired) electrons. The molecule has 0 aliphatic heterocycles. The normalized spacial score (nSPS) is 11.7. The molecule has 258 valence electrons. The number of hydrogen-bond acceptors (Lipinski definition) is 6. The zero-order chi connectivity index (χ0) is 34.2. The first kappa shape index (κ1) is 45.8. The van der Waals surface area contributed by atoms with Crippen LogP contribution in [0.15, 0.2) is 0 Å². The number of ketones is 3. The number of carboxylic acid groups (broad SMARTS) is 3. The first-order valence-corrected chi connectivity index (χ1v) is 16.9. The van der Waals surface area contributed by atoms with E-state index in [-0.39, 0.29) is 35.6 Å². The third kappa shape index (κ3) is 43.9. The van der Waals surface area contributed by atoms with Gasteiger partial charge in [-0.25, -0.2) is 0 Å². The number of carboxylic acids is 3. The van der Waals surface area contributed by atoms with Crippen molar-refractivity contribution in [3.8, 4) is 0 Å². The molecule has 9 heteroatoms. The molecule has 2 atom stereocenters. The van der Waals surface area contributed by atoms with Crippen molar-refractivity contribution < 1.29 is 44.1 Å². The van der Waals surface area contributed by atoms with E-state index in [0.717, 1.165) is 103 Å². The van der Waals surface area contributed by atoms with E-state index in [2.05, 4.69) is 0 Å². The van der Waals surface area contributed by atoms with Crippen molar-refractivity contribution in [2.45, 2.75) is 176 Å². The number of carbonyl (C=O) groups excluding carboxylic acids is 3. The summed E-state index contributed by atoms with van der Waals surface area (Å²) >= 11 is 0. The molecule has 0 saturated carbocycles. The summed E-state index contributed by atoms with van der Waals surface area (Å²) in [6, 6.07) is 0. The average Bonchev–Trinajstić information content (AvgIpc) is 2.93. The Balaban J connectivity index is -0.000000576. The first-order chi connectivity index (χ1) is 20.7. The average molecular weight is 629 g/mol. The highest BCUT2D eigenvalue weighted by atomic mass is 16.4. The Labute approximate surface area is 267 Å². The molecule has 0 rings (SSSR count). The van der Waals surface area contributed by atoms with E-state index in [4.69, 9.17) is 15.3 Å². The number of hydrogen-bond donors (Lipinski definition) is 3. The molecule has 0 fully saturated rings. The van der Waals surface area contributed by atoms with Crippen LogP contribution in [0.2, 0.25) is 0 Å². The van der Waals surface area contributed by atoms with Crippen molar-refractivity contribution in [1.82, 2.24) is 0 Å². The Morgan fingerprint density at radius 2 is 0.682 bits per heavy atom. The minimum absolute atomic E-state index is 0.155. The molecule has 3 N–H and O–H groups in total. The zero-order valence-corrected chi connectivity index (χ0v) is 28.5. The number of aliphatic carboxylic acids is 3. The van der Waals surface area contributed by atoms with Gasteiger partial charge in [0.15, 0.2) is 0 Å². The molecule has 44 heavy (non-hydrogen) atoms. The summed E-state index contributed by atoms with van der Waals surface area (Å²) in [6.07, 6.45) is 20.1. The molecule has 9 nitrogen and oxygen atoms in total. The lowest BCUT2D eigenvalue weighted by atomic mass is 9.97. The van der Waals surface area contributed by atoms with Gasteiger partial charge in [-0.2, -0.15) is 0 Å². The van der Waals surface area contributed by atoms with Crippen LogP contribution in [0.4, 0.5) is 0 Å². The second-order valence-electron chi connectivity index (χ2n) is 12.2. The Kier molecular flexibility index (Phi) is 34.7. The van der Waals surface area contributed by atoms with Gasteiger partial charge in [0.25, 0.3) is 0 Å². The lowest BCUT2D eigenvalue weighted by molar-refractivity contribution is -0.141. The van der Waals surface area contributed by atoms with Crippen LogP contribution >= 0.6 is 0 Å². The van der Waals surface area contributed by atoms with Crippen LogP contribution in [0.3, 0.4) is 0 Å². The predicted octanol–water partition coefficient (Wildman–Crippen LogP) is 8.83. The molecule has 0 aromatic carbocycles. The molecule has 0 spiro atoms. The molecule has 0 aliphatic rings. The van der Waals surface area contributed by atoms with Gasteiger partial charge in [-0.05, 0) is 59.3 Å². The first-order valence-electron chi connectivity index (χ1n) is 16.9. The lowest BCUT2D eigenvalue weighted by Crippen LogP contribution is -2.09. The summed E-state index contributed by atoms with van der Waals surface area (Å²) in [6.45, 7) is 8.55. The van der Waals surface area contributed by atoms with Gasteiger partial charge in [-0.15, -0.1) is 0 Å². The van der Waals surface area contributed by atoms with Crippen molar-refractivity contribution in [2.24, 2.45) is 11.8 Å². The van der Waals surface area contributed by atoms with Crippen molar-refractivity contribution in [1.29, 1.82) is 0 Å². The second-order valence-corrected chi connectivity index (χ2v) is 12.2. The summed E-state index contributed by atoms with van der Waals surface area (Å²) in [4.78, 5) is 63.0. The van der Waals surface area contributed by atoms with E-state index in [0.29, 0.717) is 12.8 Å². The molecular formula is C35H64O9. The summed E-state index contributed by atoms with van der Waals surface area (Å²) in [7, 11) is 0. The fraction of sp³-hybridized carbons (Fsp3) is 0.829.